The summed E-state index contributed by atoms with van der Waals surface area (Å²) in [6, 6.07) is 0. The Morgan fingerprint density at radius 1 is 1.23 bits per heavy atom. The van der Waals surface area contributed by atoms with E-state index >= 15 is 0 Å². The average molecular weight is 188 g/mol. The van der Waals surface area contributed by atoms with Gasteiger partial charge in [-0.3, -0.25) is 0 Å². The lowest BCUT2D eigenvalue weighted by Crippen LogP contribution is -2.45. The Labute approximate surface area is 78.1 Å². The molecule has 0 unspecified atom stereocenters. The van der Waals surface area contributed by atoms with Crippen molar-refractivity contribution in [3.05, 3.63) is 0 Å². The predicted octanol–water partition coefficient (Wildman–Crippen LogP) is 0.204. The van der Waals surface area contributed by atoms with Gasteiger partial charge < -0.3 is 18.9 Å². The lowest BCUT2D eigenvalue weighted by atomic mass is 9.95. The molecular weight excluding hydrogens is 172 g/mol. The molecule has 0 radical (unpaired) electrons. The van der Waals surface area contributed by atoms with Crippen molar-refractivity contribution in [2.75, 3.05) is 27.4 Å². The van der Waals surface area contributed by atoms with Crippen LogP contribution in [0.3, 0.4) is 0 Å². The van der Waals surface area contributed by atoms with Crippen molar-refractivity contribution in [2.24, 2.45) is 0 Å². The second-order valence-corrected chi connectivity index (χ2v) is 3.75. The smallest absolute Gasteiger partial charge is 0.122 e. The predicted molar refractivity (Wildman–Crippen MR) is 45.7 cm³/mol. The van der Waals surface area contributed by atoms with Gasteiger partial charge in [-0.15, -0.1) is 0 Å². The monoisotopic (exact) mass is 188 g/mol. The first-order chi connectivity index (χ1) is 6.22. The van der Waals surface area contributed by atoms with Gasteiger partial charge in [-0.1, -0.05) is 0 Å². The van der Waals surface area contributed by atoms with E-state index in [4.69, 9.17) is 18.9 Å². The molecule has 4 atom stereocenters. The quantitative estimate of drug-likeness (QED) is 0.620. The molecule has 2 saturated heterocycles. The van der Waals surface area contributed by atoms with Crippen LogP contribution in [0.25, 0.3) is 0 Å². The zero-order valence-electron chi connectivity index (χ0n) is 8.28. The third-order valence-electron chi connectivity index (χ3n) is 3.11. The second-order valence-electron chi connectivity index (χ2n) is 3.75. The lowest BCUT2D eigenvalue weighted by Gasteiger charge is -2.27. The molecule has 0 aromatic rings. The van der Waals surface area contributed by atoms with E-state index in [9.17, 15) is 0 Å². The third kappa shape index (κ3) is 1.21. The average Bonchev–Trinajstić information content (AvgIpc) is 2.59. The molecule has 0 aliphatic carbocycles. The van der Waals surface area contributed by atoms with Crippen LogP contribution in [0.5, 0.6) is 0 Å². The number of hydrogen-bond donors (Lipinski definition) is 0. The first-order valence-corrected chi connectivity index (χ1v) is 4.53. The minimum atomic E-state index is -0.324. The number of rotatable bonds is 2. The van der Waals surface area contributed by atoms with E-state index in [1.54, 1.807) is 14.2 Å². The van der Waals surface area contributed by atoms with Gasteiger partial charge in [-0.2, -0.15) is 0 Å². The largest absolute Gasteiger partial charge is 0.376 e. The molecule has 13 heavy (non-hydrogen) atoms. The van der Waals surface area contributed by atoms with Crippen molar-refractivity contribution in [2.45, 2.75) is 30.8 Å². The van der Waals surface area contributed by atoms with E-state index in [2.05, 4.69) is 0 Å². The fourth-order valence-electron chi connectivity index (χ4n) is 2.20. The van der Waals surface area contributed by atoms with E-state index in [0.717, 1.165) is 0 Å². The summed E-state index contributed by atoms with van der Waals surface area (Å²) in [4.78, 5) is 0. The van der Waals surface area contributed by atoms with Gasteiger partial charge in [-0.25, -0.2) is 0 Å². The SMILES string of the molecule is CO[C@H]1CO[C@]2(C)[C@@H](OC)CO[C@H]12. The lowest BCUT2D eigenvalue weighted by molar-refractivity contribution is -0.0774. The van der Waals surface area contributed by atoms with E-state index in [1.165, 1.54) is 0 Å². The highest BCUT2D eigenvalue weighted by Gasteiger charge is 2.57. The first kappa shape index (κ1) is 9.40. The fraction of sp³-hybridized carbons (Fsp3) is 1.00. The summed E-state index contributed by atoms with van der Waals surface area (Å²) < 4.78 is 21.9. The van der Waals surface area contributed by atoms with Crippen LogP contribution in [0.15, 0.2) is 0 Å². The molecule has 0 spiro atoms. The highest BCUT2D eigenvalue weighted by atomic mass is 16.6. The molecule has 2 heterocycles. The van der Waals surface area contributed by atoms with Gasteiger partial charge in [-0.05, 0) is 6.92 Å². The van der Waals surface area contributed by atoms with Crippen LogP contribution in [0.2, 0.25) is 0 Å². The topological polar surface area (TPSA) is 36.9 Å². The zero-order chi connectivity index (χ0) is 9.47. The van der Waals surface area contributed by atoms with Crippen LogP contribution in [-0.2, 0) is 18.9 Å². The summed E-state index contributed by atoms with van der Waals surface area (Å²) in [5.41, 5.74) is -0.324. The normalized spacial score (nSPS) is 49.6. The van der Waals surface area contributed by atoms with Crippen LogP contribution in [0, 0.1) is 0 Å². The molecule has 2 rings (SSSR count). The van der Waals surface area contributed by atoms with Gasteiger partial charge in [0, 0.05) is 14.2 Å². The molecule has 2 aliphatic rings. The van der Waals surface area contributed by atoms with Crippen LogP contribution in [0.4, 0.5) is 0 Å². The molecule has 0 aromatic carbocycles. The van der Waals surface area contributed by atoms with Crippen LogP contribution in [-0.4, -0.2) is 51.3 Å². The van der Waals surface area contributed by atoms with Crippen molar-refractivity contribution in [1.29, 1.82) is 0 Å². The number of methoxy groups -OCH3 is 2. The van der Waals surface area contributed by atoms with Gasteiger partial charge >= 0.3 is 0 Å². The fourth-order valence-corrected chi connectivity index (χ4v) is 2.20. The maximum atomic E-state index is 5.70. The van der Waals surface area contributed by atoms with Gasteiger partial charge in [0.15, 0.2) is 0 Å². The van der Waals surface area contributed by atoms with Gasteiger partial charge in [0.2, 0.25) is 0 Å². The molecule has 2 aliphatic heterocycles. The molecule has 0 bridgehead atoms. The summed E-state index contributed by atoms with van der Waals surface area (Å²) in [6.45, 7) is 3.22. The zero-order valence-corrected chi connectivity index (χ0v) is 8.28. The van der Waals surface area contributed by atoms with Crippen molar-refractivity contribution in [3.63, 3.8) is 0 Å². The Bertz CT molecular complexity index is 196. The van der Waals surface area contributed by atoms with Crippen molar-refractivity contribution < 1.29 is 18.9 Å². The number of fused-ring (bicyclic) bond motifs is 1. The summed E-state index contributed by atoms with van der Waals surface area (Å²) in [5, 5.41) is 0. The summed E-state index contributed by atoms with van der Waals surface area (Å²) in [5.74, 6) is 0. The molecule has 4 heteroatoms. The van der Waals surface area contributed by atoms with Crippen LogP contribution in [0.1, 0.15) is 6.92 Å². The molecular formula is C9H16O4. The minimum absolute atomic E-state index is 0.0162. The Balaban J connectivity index is 2.15. The molecule has 0 aromatic heterocycles. The molecule has 0 saturated carbocycles. The summed E-state index contributed by atoms with van der Waals surface area (Å²) in [7, 11) is 3.37. The Morgan fingerprint density at radius 2 is 2.00 bits per heavy atom. The van der Waals surface area contributed by atoms with E-state index in [1.807, 2.05) is 6.92 Å². The molecule has 76 valence electrons. The molecule has 0 N–H and O–H groups in total. The van der Waals surface area contributed by atoms with E-state index in [0.29, 0.717) is 13.2 Å². The van der Waals surface area contributed by atoms with Gasteiger partial charge in [0.25, 0.3) is 0 Å². The number of ether oxygens (including phenoxy) is 4. The maximum Gasteiger partial charge on any atom is 0.122 e. The standard InChI is InChI=1S/C9H16O4/c1-9-7(11-3)5-12-8(9)6(10-2)4-13-9/h6-8H,4-5H2,1-3H3/t6-,7-,8+,9+/m0/s1. The summed E-state index contributed by atoms with van der Waals surface area (Å²) in [6.07, 6.45) is 0.0882. The van der Waals surface area contributed by atoms with Crippen LogP contribution < -0.4 is 0 Å². The molecule has 0 amide bonds. The maximum absolute atomic E-state index is 5.70. The van der Waals surface area contributed by atoms with Crippen molar-refractivity contribution in [1.82, 2.24) is 0 Å². The van der Waals surface area contributed by atoms with Gasteiger partial charge in [0.05, 0.1) is 13.2 Å². The van der Waals surface area contributed by atoms with Crippen LogP contribution >= 0.6 is 0 Å². The first-order valence-electron chi connectivity index (χ1n) is 4.53. The highest BCUT2D eigenvalue weighted by molar-refractivity contribution is 5.05. The van der Waals surface area contributed by atoms with E-state index in [-0.39, 0.29) is 23.9 Å². The Kier molecular flexibility index (Phi) is 2.32. The third-order valence-corrected chi connectivity index (χ3v) is 3.11. The number of hydrogen-bond acceptors (Lipinski definition) is 4. The van der Waals surface area contributed by atoms with Crippen molar-refractivity contribution in [3.8, 4) is 0 Å². The van der Waals surface area contributed by atoms with Crippen molar-refractivity contribution >= 4 is 0 Å². The Hall–Kier alpha value is -0.160. The molecule has 2 fully saturated rings. The highest BCUT2D eigenvalue weighted by Crippen LogP contribution is 2.39. The summed E-state index contributed by atoms with van der Waals surface area (Å²) >= 11 is 0. The van der Waals surface area contributed by atoms with E-state index < -0.39 is 0 Å². The van der Waals surface area contributed by atoms with Gasteiger partial charge in [0.1, 0.15) is 23.9 Å². The second kappa shape index (κ2) is 3.20. The molecule has 4 nitrogen and oxygen atoms in total. The minimum Gasteiger partial charge on any atom is -0.376 e. The Morgan fingerprint density at radius 3 is 2.62 bits per heavy atom.